The van der Waals surface area contributed by atoms with Gasteiger partial charge in [0.2, 0.25) is 5.91 Å². The number of nitrogens with zero attached hydrogens (tertiary/aromatic N) is 2. The lowest BCUT2D eigenvalue weighted by Crippen LogP contribution is -2.19. The first-order chi connectivity index (χ1) is 14.6. The van der Waals surface area contributed by atoms with Gasteiger partial charge < -0.3 is 10.1 Å². The molecule has 30 heavy (non-hydrogen) atoms. The van der Waals surface area contributed by atoms with Crippen LogP contribution in [0.1, 0.15) is 21.3 Å². The number of rotatable bonds is 6. The van der Waals surface area contributed by atoms with E-state index in [2.05, 4.69) is 29.1 Å². The third kappa shape index (κ3) is 4.17. The van der Waals surface area contributed by atoms with Crippen molar-refractivity contribution in [3.63, 3.8) is 0 Å². The topological polar surface area (TPSA) is 64.1 Å². The van der Waals surface area contributed by atoms with Crippen LogP contribution in [-0.4, -0.2) is 23.0 Å². The van der Waals surface area contributed by atoms with Gasteiger partial charge in [0.25, 0.3) is 0 Å². The predicted octanol–water partition coefficient (Wildman–Crippen LogP) is 5.79. The maximum absolute atomic E-state index is 13.3. The second-order valence-corrected chi connectivity index (χ2v) is 9.07. The summed E-state index contributed by atoms with van der Waals surface area (Å²) < 4.78 is 5.27. The summed E-state index contributed by atoms with van der Waals surface area (Å²) in [6.45, 7) is 4.16. The number of aryl methyl sites for hydroxylation is 2. The Hall–Kier alpha value is -2.90. The smallest absolute Gasteiger partial charge is 0.242 e. The lowest BCUT2D eigenvalue weighted by molar-refractivity contribution is -0.115. The molecule has 152 valence electrons. The molecule has 4 aromatic rings. The van der Waals surface area contributed by atoms with Crippen molar-refractivity contribution >= 4 is 44.9 Å². The van der Waals surface area contributed by atoms with Gasteiger partial charge in [-0.25, -0.2) is 9.97 Å². The van der Waals surface area contributed by atoms with Crippen LogP contribution in [0, 0.1) is 13.8 Å². The Balaban J connectivity index is 1.70. The quantitative estimate of drug-likeness (QED) is 0.307. The van der Waals surface area contributed by atoms with Crippen molar-refractivity contribution in [2.24, 2.45) is 0 Å². The Morgan fingerprint density at radius 1 is 1.10 bits per heavy atom. The molecule has 2 heterocycles. The molecule has 2 aromatic heterocycles. The van der Waals surface area contributed by atoms with E-state index in [0.29, 0.717) is 11.4 Å². The summed E-state index contributed by atoms with van der Waals surface area (Å²) in [5, 5.41) is 4.40. The SMILES string of the molecule is COc1cccc(NC(=O)[C@@H](Sc2ncnc3sc(C)c(C)c23)c2ccccc2)c1. The fourth-order valence-electron chi connectivity index (χ4n) is 3.16. The Morgan fingerprint density at radius 2 is 1.90 bits per heavy atom. The fourth-order valence-corrected chi connectivity index (χ4v) is 5.38. The first-order valence-electron chi connectivity index (χ1n) is 9.44. The molecule has 0 unspecified atom stereocenters. The van der Waals surface area contributed by atoms with Gasteiger partial charge in [0.1, 0.15) is 27.2 Å². The number of carbonyl (C=O) groups excluding carboxylic acids is 1. The van der Waals surface area contributed by atoms with Crippen LogP contribution in [0.3, 0.4) is 0 Å². The highest BCUT2D eigenvalue weighted by Gasteiger charge is 2.25. The number of fused-ring (bicyclic) bond motifs is 1. The molecular formula is C23H21N3O2S2. The van der Waals surface area contributed by atoms with Gasteiger partial charge in [-0.3, -0.25) is 4.79 Å². The summed E-state index contributed by atoms with van der Waals surface area (Å²) in [5.41, 5.74) is 2.77. The van der Waals surface area contributed by atoms with Gasteiger partial charge in [0.15, 0.2) is 0 Å². The lowest BCUT2D eigenvalue weighted by Gasteiger charge is -2.17. The van der Waals surface area contributed by atoms with Crippen LogP contribution in [-0.2, 0) is 4.79 Å². The average molecular weight is 436 g/mol. The van der Waals surface area contributed by atoms with Crippen molar-refractivity contribution in [3.8, 4) is 5.75 Å². The zero-order valence-corrected chi connectivity index (χ0v) is 18.5. The molecule has 0 bridgehead atoms. The molecule has 0 fully saturated rings. The van der Waals surface area contributed by atoms with E-state index in [1.165, 1.54) is 16.6 Å². The zero-order chi connectivity index (χ0) is 21.1. The lowest BCUT2D eigenvalue weighted by atomic mass is 10.1. The minimum Gasteiger partial charge on any atom is -0.497 e. The Labute approximate surface area is 183 Å². The Kier molecular flexibility index (Phi) is 6.01. The van der Waals surface area contributed by atoms with E-state index in [9.17, 15) is 4.79 Å². The monoisotopic (exact) mass is 435 g/mol. The fraction of sp³-hybridized carbons (Fsp3) is 0.174. The summed E-state index contributed by atoms with van der Waals surface area (Å²) >= 11 is 3.10. The summed E-state index contributed by atoms with van der Waals surface area (Å²) in [6.07, 6.45) is 1.57. The zero-order valence-electron chi connectivity index (χ0n) is 16.9. The molecule has 4 rings (SSSR count). The van der Waals surface area contributed by atoms with Crippen molar-refractivity contribution in [3.05, 3.63) is 76.9 Å². The molecule has 1 atom stereocenters. The van der Waals surface area contributed by atoms with Crippen molar-refractivity contribution < 1.29 is 9.53 Å². The number of aromatic nitrogens is 2. The van der Waals surface area contributed by atoms with Gasteiger partial charge >= 0.3 is 0 Å². The number of hydrogen-bond donors (Lipinski definition) is 1. The average Bonchev–Trinajstić information content (AvgIpc) is 3.07. The Bertz CT molecular complexity index is 1190. The highest BCUT2D eigenvalue weighted by molar-refractivity contribution is 8.00. The van der Waals surface area contributed by atoms with E-state index >= 15 is 0 Å². The predicted molar refractivity (Wildman–Crippen MR) is 124 cm³/mol. The number of benzene rings is 2. The molecule has 0 saturated carbocycles. The third-order valence-corrected chi connectivity index (χ3v) is 7.21. The normalized spacial score (nSPS) is 12.0. The molecule has 0 spiro atoms. The molecule has 0 aliphatic heterocycles. The minimum atomic E-state index is -0.463. The van der Waals surface area contributed by atoms with Gasteiger partial charge in [-0.2, -0.15) is 0 Å². The first-order valence-corrected chi connectivity index (χ1v) is 11.1. The van der Waals surface area contributed by atoms with Crippen molar-refractivity contribution in [1.29, 1.82) is 0 Å². The third-order valence-electron chi connectivity index (χ3n) is 4.84. The highest BCUT2D eigenvalue weighted by Crippen LogP contribution is 2.41. The minimum absolute atomic E-state index is 0.115. The van der Waals surface area contributed by atoms with Gasteiger partial charge in [-0.05, 0) is 37.1 Å². The van der Waals surface area contributed by atoms with E-state index in [4.69, 9.17) is 4.74 Å². The van der Waals surface area contributed by atoms with E-state index < -0.39 is 5.25 Å². The second kappa shape index (κ2) is 8.85. The molecule has 1 amide bonds. The summed E-state index contributed by atoms with van der Waals surface area (Å²) in [7, 11) is 1.61. The highest BCUT2D eigenvalue weighted by atomic mass is 32.2. The maximum atomic E-state index is 13.3. The van der Waals surface area contributed by atoms with E-state index in [-0.39, 0.29) is 5.91 Å². The summed E-state index contributed by atoms with van der Waals surface area (Å²) in [4.78, 5) is 24.4. The van der Waals surface area contributed by atoms with Gasteiger partial charge in [-0.15, -0.1) is 11.3 Å². The molecule has 5 nitrogen and oxygen atoms in total. The molecular weight excluding hydrogens is 414 g/mol. The molecule has 0 aliphatic rings. The number of anilines is 1. The summed E-state index contributed by atoms with van der Waals surface area (Å²) in [6, 6.07) is 17.1. The van der Waals surface area contributed by atoms with Crippen LogP contribution in [0.25, 0.3) is 10.2 Å². The van der Waals surface area contributed by atoms with Crippen LogP contribution in [0.5, 0.6) is 5.75 Å². The number of methoxy groups -OCH3 is 1. The van der Waals surface area contributed by atoms with E-state index in [1.807, 2.05) is 48.5 Å². The maximum Gasteiger partial charge on any atom is 0.242 e. The molecule has 1 N–H and O–H groups in total. The van der Waals surface area contributed by atoms with Crippen molar-refractivity contribution in [2.75, 3.05) is 12.4 Å². The summed E-state index contributed by atoms with van der Waals surface area (Å²) in [5.74, 6) is 0.578. The van der Waals surface area contributed by atoms with Crippen LogP contribution >= 0.6 is 23.1 Å². The molecule has 7 heteroatoms. The number of thiophene rings is 1. The molecule has 0 aliphatic carbocycles. The molecule has 2 aromatic carbocycles. The van der Waals surface area contributed by atoms with Crippen LogP contribution in [0.2, 0.25) is 0 Å². The number of nitrogens with one attached hydrogen (secondary N) is 1. The van der Waals surface area contributed by atoms with Crippen molar-refractivity contribution in [1.82, 2.24) is 9.97 Å². The van der Waals surface area contributed by atoms with Crippen LogP contribution in [0.4, 0.5) is 5.69 Å². The number of amides is 1. The first kappa shape index (κ1) is 20.4. The largest absolute Gasteiger partial charge is 0.497 e. The van der Waals surface area contributed by atoms with Crippen molar-refractivity contribution in [2.45, 2.75) is 24.1 Å². The van der Waals surface area contributed by atoms with Gasteiger partial charge in [-0.1, -0.05) is 48.2 Å². The second-order valence-electron chi connectivity index (χ2n) is 6.77. The Morgan fingerprint density at radius 3 is 2.67 bits per heavy atom. The molecule has 0 saturated heterocycles. The molecule has 0 radical (unpaired) electrons. The number of ether oxygens (including phenoxy) is 1. The van der Waals surface area contributed by atoms with Gasteiger partial charge in [0.05, 0.1) is 7.11 Å². The van der Waals surface area contributed by atoms with Crippen LogP contribution in [0.15, 0.2) is 66.0 Å². The van der Waals surface area contributed by atoms with E-state index in [0.717, 1.165) is 26.4 Å². The van der Waals surface area contributed by atoms with E-state index in [1.54, 1.807) is 30.8 Å². The number of carbonyl (C=O) groups is 1. The van der Waals surface area contributed by atoms with Gasteiger partial charge in [0, 0.05) is 22.0 Å². The van der Waals surface area contributed by atoms with Crippen LogP contribution < -0.4 is 10.1 Å². The standard InChI is InChI=1S/C23H21N3O2S2/c1-14-15(2)29-22-19(14)23(25-13-24-22)30-20(16-8-5-4-6-9-16)21(27)26-17-10-7-11-18(12-17)28-3/h4-13,20H,1-3H3,(H,26,27)/t20-/m0/s1. The number of thioether (sulfide) groups is 1. The number of hydrogen-bond acceptors (Lipinski definition) is 6.